The molecule has 1 aromatic rings. The molecule has 108 valence electrons. The first-order valence-corrected chi connectivity index (χ1v) is 7.48. The maximum absolute atomic E-state index is 5.77. The van der Waals surface area contributed by atoms with E-state index in [9.17, 15) is 0 Å². The largest absolute Gasteiger partial charge is 0.378 e. The molecular formula is C13H23N3O2S. The van der Waals surface area contributed by atoms with Crippen LogP contribution in [0.4, 0.5) is 5.13 Å². The van der Waals surface area contributed by atoms with Crippen molar-refractivity contribution in [3.63, 3.8) is 0 Å². The van der Waals surface area contributed by atoms with Gasteiger partial charge in [-0.1, -0.05) is 0 Å². The van der Waals surface area contributed by atoms with E-state index in [0.717, 1.165) is 30.5 Å². The van der Waals surface area contributed by atoms with Gasteiger partial charge in [-0.05, 0) is 20.9 Å². The predicted octanol–water partition coefficient (Wildman–Crippen LogP) is 1.62. The van der Waals surface area contributed by atoms with Gasteiger partial charge in [-0.3, -0.25) is 0 Å². The van der Waals surface area contributed by atoms with Gasteiger partial charge >= 0.3 is 0 Å². The van der Waals surface area contributed by atoms with E-state index in [4.69, 9.17) is 14.5 Å². The Morgan fingerprint density at radius 3 is 2.68 bits per heavy atom. The smallest absolute Gasteiger partial charge is 0.186 e. The van der Waals surface area contributed by atoms with Crippen molar-refractivity contribution in [3.8, 4) is 0 Å². The van der Waals surface area contributed by atoms with E-state index in [1.807, 2.05) is 7.05 Å². The molecule has 5 nitrogen and oxygen atoms in total. The first kappa shape index (κ1) is 14.7. The summed E-state index contributed by atoms with van der Waals surface area (Å²) in [5.41, 5.74) is 1.05. The minimum Gasteiger partial charge on any atom is -0.378 e. The Hall–Kier alpha value is -0.690. The average molecular weight is 285 g/mol. The van der Waals surface area contributed by atoms with Gasteiger partial charge in [-0.25, -0.2) is 4.98 Å². The van der Waals surface area contributed by atoms with Crippen LogP contribution in [0.15, 0.2) is 0 Å². The molecule has 1 saturated heterocycles. The minimum atomic E-state index is 0.256. The number of rotatable bonds is 5. The molecule has 1 aliphatic heterocycles. The van der Waals surface area contributed by atoms with Crippen LogP contribution in [0.3, 0.4) is 0 Å². The molecule has 6 heteroatoms. The van der Waals surface area contributed by atoms with Crippen molar-refractivity contribution in [3.05, 3.63) is 10.6 Å². The molecule has 0 saturated carbocycles. The fraction of sp³-hybridized carbons (Fsp3) is 0.769. The molecule has 0 bridgehead atoms. The standard InChI is InChI=1S/C13H23N3O2S/c1-9-6-16(7-10(2)18-9)13-15-11(8-17-4)12(19-13)5-14-3/h9-10,14H,5-8H2,1-4H3. The van der Waals surface area contributed by atoms with Crippen LogP contribution in [0.25, 0.3) is 0 Å². The monoisotopic (exact) mass is 285 g/mol. The third-order valence-electron chi connectivity index (χ3n) is 3.08. The summed E-state index contributed by atoms with van der Waals surface area (Å²) in [6.45, 7) is 7.45. The first-order chi connectivity index (χ1) is 9.13. The van der Waals surface area contributed by atoms with Crippen molar-refractivity contribution >= 4 is 16.5 Å². The number of nitrogens with one attached hydrogen (secondary N) is 1. The highest BCUT2D eigenvalue weighted by Gasteiger charge is 2.25. The number of methoxy groups -OCH3 is 1. The van der Waals surface area contributed by atoms with Crippen LogP contribution >= 0.6 is 11.3 Å². The number of hydrogen-bond donors (Lipinski definition) is 1. The summed E-state index contributed by atoms with van der Waals surface area (Å²) in [5.74, 6) is 0. The number of anilines is 1. The molecule has 0 radical (unpaired) electrons. The fourth-order valence-electron chi connectivity index (χ4n) is 2.39. The van der Waals surface area contributed by atoms with E-state index < -0.39 is 0 Å². The van der Waals surface area contributed by atoms with Crippen LogP contribution in [-0.2, 0) is 22.6 Å². The van der Waals surface area contributed by atoms with E-state index in [0.29, 0.717) is 6.61 Å². The van der Waals surface area contributed by atoms with Crippen molar-refractivity contribution in [1.29, 1.82) is 0 Å². The maximum atomic E-state index is 5.77. The van der Waals surface area contributed by atoms with Crippen molar-refractivity contribution in [1.82, 2.24) is 10.3 Å². The zero-order chi connectivity index (χ0) is 13.8. The third-order valence-corrected chi connectivity index (χ3v) is 4.23. The van der Waals surface area contributed by atoms with E-state index in [2.05, 4.69) is 24.1 Å². The van der Waals surface area contributed by atoms with Gasteiger partial charge in [-0.2, -0.15) is 0 Å². The zero-order valence-corrected chi connectivity index (χ0v) is 12.9. The molecule has 0 aromatic carbocycles. The van der Waals surface area contributed by atoms with Crippen LogP contribution < -0.4 is 10.2 Å². The lowest BCUT2D eigenvalue weighted by Gasteiger charge is -2.35. The Morgan fingerprint density at radius 1 is 1.42 bits per heavy atom. The first-order valence-electron chi connectivity index (χ1n) is 6.66. The lowest BCUT2D eigenvalue weighted by molar-refractivity contribution is -0.00524. The molecule has 2 atom stereocenters. The number of nitrogens with zero attached hydrogens (tertiary/aromatic N) is 2. The number of ether oxygens (including phenoxy) is 2. The van der Waals surface area contributed by atoms with Crippen molar-refractivity contribution in [2.24, 2.45) is 0 Å². The molecular weight excluding hydrogens is 262 g/mol. The SMILES string of the molecule is CNCc1sc(N2CC(C)OC(C)C2)nc1COC. The highest BCUT2D eigenvalue weighted by atomic mass is 32.1. The second kappa shape index (κ2) is 6.65. The van der Waals surface area contributed by atoms with Crippen LogP contribution in [0.1, 0.15) is 24.4 Å². The van der Waals surface area contributed by atoms with E-state index >= 15 is 0 Å². The van der Waals surface area contributed by atoms with E-state index in [1.165, 1.54) is 4.88 Å². The minimum absolute atomic E-state index is 0.256. The molecule has 2 heterocycles. The van der Waals surface area contributed by atoms with Crippen molar-refractivity contribution in [2.75, 3.05) is 32.1 Å². The average Bonchev–Trinajstić information content (AvgIpc) is 2.72. The molecule has 1 aromatic heterocycles. The van der Waals surface area contributed by atoms with Gasteiger partial charge in [0.25, 0.3) is 0 Å². The quantitative estimate of drug-likeness (QED) is 0.891. The summed E-state index contributed by atoms with van der Waals surface area (Å²) < 4.78 is 11.0. The van der Waals surface area contributed by atoms with Gasteiger partial charge in [0.1, 0.15) is 0 Å². The van der Waals surface area contributed by atoms with E-state index in [-0.39, 0.29) is 12.2 Å². The maximum Gasteiger partial charge on any atom is 0.186 e. The highest BCUT2D eigenvalue weighted by Crippen LogP contribution is 2.29. The molecule has 0 aliphatic carbocycles. The molecule has 0 spiro atoms. The topological polar surface area (TPSA) is 46.6 Å². The predicted molar refractivity (Wildman–Crippen MR) is 77.8 cm³/mol. The van der Waals surface area contributed by atoms with Gasteiger partial charge in [0.05, 0.1) is 24.5 Å². The summed E-state index contributed by atoms with van der Waals surface area (Å²) in [4.78, 5) is 8.31. The second-order valence-corrected chi connectivity index (χ2v) is 6.05. The summed E-state index contributed by atoms with van der Waals surface area (Å²) >= 11 is 1.75. The summed E-state index contributed by atoms with van der Waals surface area (Å²) in [7, 11) is 3.66. The van der Waals surface area contributed by atoms with Gasteiger partial charge in [0, 0.05) is 31.6 Å². The van der Waals surface area contributed by atoms with Crippen LogP contribution in [0, 0.1) is 0 Å². The number of aromatic nitrogens is 1. The van der Waals surface area contributed by atoms with Gasteiger partial charge < -0.3 is 19.7 Å². The highest BCUT2D eigenvalue weighted by molar-refractivity contribution is 7.15. The van der Waals surface area contributed by atoms with Crippen LogP contribution in [0.2, 0.25) is 0 Å². The molecule has 2 unspecified atom stereocenters. The van der Waals surface area contributed by atoms with Gasteiger partial charge in [0.2, 0.25) is 0 Å². The van der Waals surface area contributed by atoms with Crippen molar-refractivity contribution < 1.29 is 9.47 Å². The number of hydrogen-bond acceptors (Lipinski definition) is 6. The van der Waals surface area contributed by atoms with Crippen LogP contribution in [0.5, 0.6) is 0 Å². The molecule has 1 fully saturated rings. The van der Waals surface area contributed by atoms with Crippen molar-refractivity contribution in [2.45, 2.75) is 39.2 Å². The Labute approximate surface area is 118 Å². The molecule has 1 aliphatic rings. The molecule has 1 N–H and O–H groups in total. The molecule has 2 rings (SSSR count). The Kier molecular flexibility index (Phi) is 5.15. The summed E-state index contributed by atoms with van der Waals surface area (Å²) in [6, 6.07) is 0. The molecule has 19 heavy (non-hydrogen) atoms. The Bertz CT molecular complexity index is 377. The second-order valence-electron chi connectivity index (χ2n) is 4.99. The summed E-state index contributed by atoms with van der Waals surface area (Å²) in [5, 5.41) is 4.27. The summed E-state index contributed by atoms with van der Waals surface area (Å²) in [6.07, 6.45) is 0.512. The lowest BCUT2D eigenvalue weighted by atomic mass is 10.2. The number of morpholine rings is 1. The normalized spacial score (nSPS) is 23.9. The fourth-order valence-corrected chi connectivity index (χ4v) is 3.48. The lowest BCUT2D eigenvalue weighted by Crippen LogP contribution is -2.45. The zero-order valence-electron chi connectivity index (χ0n) is 12.1. The Morgan fingerprint density at radius 2 is 2.11 bits per heavy atom. The molecule has 0 amide bonds. The van der Waals surface area contributed by atoms with E-state index in [1.54, 1.807) is 18.4 Å². The third kappa shape index (κ3) is 3.66. The van der Waals surface area contributed by atoms with Gasteiger partial charge in [-0.15, -0.1) is 11.3 Å². The number of thiazole rings is 1. The van der Waals surface area contributed by atoms with Gasteiger partial charge in [0.15, 0.2) is 5.13 Å². The Balaban J connectivity index is 2.16. The van der Waals surface area contributed by atoms with Crippen LogP contribution in [-0.4, -0.2) is 44.4 Å².